The van der Waals surface area contributed by atoms with E-state index in [1.807, 2.05) is 45.9 Å². The minimum absolute atomic E-state index is 0. The number of hydrogen-bond donors (Lipinski definition) is 2. The molecule has 3 N–H and O–H groups in total. The van der Waals surface area contributed by atoms with E-state index in [0.717, 1.165) is 36.2 Å². The number of nitrogens with zero attached hydrogens (tertiary/aromatic N) is 4. The van der Waals surface area contributed by atoms with Gasteiger partial charge in [0.2, 0.25) is 0 Å². The summed E-state index contributed by atoms with van der Waals surface area (Å²) in [4.78, 5) is 7.95. The van der Waals surface area contributed by atoms with Gasteiger partial charge in [-0.2, -0.15) is 0 Å². The average molecular weight is 433 g/mol. The fourth-order valence-corrected chi connectivity index (χ4v) is 3.59. The Morgan fingerprint density at radius 1 is 1.42 bits per heavy atom. The smallest absolute Gasteiger partial charge is 0.132 e. The van der Waals surface area contributed by atoms with Gasteiger partial charge in [-0.3, -0.25) is 4.99 Å². The van der Waals surface area contributed by atoms with Gasteiger partial charge >= 0.3 is 0 Å². The predicted octanol–water partition coefficient (Wildman–Crippen LogP) is 3.15. The number of piperidine rings is 1. The molecule has 3 unspecified atom stereocenters. The Balaban J connectivity index is 0.00000109. The van der Waals surface area contributed by atoms with E-state index in [1.54, 1.807) is 7.05 Å². The molecular formula is C19H30N5OY-. The maximum Gasteiger partial charge on any atom is 0.132 e. The molecule has 3 rings (SSSR count). The molecule has 7 heteroatoms. The topological polar surface area (TPSA) is 88.3 Å². The second-order valence-electron chi connectivity index (χ2n) is 6.76. The van der Waals surface area contributed by atoms with Gasteiger partial charge in [0, 0.05) is 51.2 Å². The molecule has 141 valence electrons. The van der Waals surface area contributed by atoms with Crippen molar-refractivity contribution in [3.63, 3.8) is 0 Å². The Morgan fingerprint density at radius 2 is 2.12 bits per heavy atom. The minimum Gasteiger partial charge on any atom is -0.620 e. The van der Waals surface area contributed by atoms with Crippen molar-refractivity contribution in [2.75, 3.05) is 13.6 Å². The summed E-state index contributed by atoms with van der Waals surface area (Å²) in [7, 11) is 1.66. The van der Waals surface area contributed by atoms with Crippen LogP contribution in [0.1, 0.15) is 44.7 Å². The third kappa shape index (κ3) is 5.12. The van der Waals surface area contributed by atoms with Crippen LogP contribution in [0.15, 0.2) is 28.2 Å². The van der Waals surface area contributed by atoms with E-state index in [1.165, 1.54) is 6.34 Å². The number of amidine groups is 1. The molecule has 1 aromatic carbocycles. The summed E-state index contributed by atoms with van der Waals surface area (Å²) in [6.45, 7) is 8.75. The number of fused-ring (bicyclic) bond motifs is 2. The Morgan fingerprint density at radius 3 is 2.65 bits per heavy atom. The first-order valence-corrected chi connectivity index (χ1v) is 8.96. The van der Waals surface area contributed by atoms with Crippen LogP contribution in [0.2, 0.25) is 0 Å². The average Bonchev–Trinajstić information content (AvgIpc) is 3.11. The second kappa shape index (κ2) is 9.93. The Labute approximate surface area is 182 Å². The number of hydrogen-bond acceptors (Lipinski definition) is 3. The van der Waals surface area contributed by atoms with Gasteiger partial charge < -0.3 is 21.3 Å². The molecular weight excluding hydrogens is 403 g/mol. The van der Waals surface area contributed by atoms with Crippen LogP contribution in [0.4, 0.5) is 5.69 Å². The van der Waals surface area contributed by atoms with E-state index in [-0.39, 0.29) is 32.7 Å². The Bertz CT molecular complexity index is 659. The number of aliphatic imine (C=N–C) groups is 2. The van der Waals surface area contributed by atoms with Crippen LogP contribution in [0.3, 0.4) is 0 Å². The summed E-state index contributed by atoms with van der Waals surface area (Å²) >= 11 is 0. The van der Waals surface area contributed by atoms with Crippen molar-refractivity contribution in [3.8, 4) is 0 Å². The van der Waals surface area contributed by atoms with E-state index in [9.17, 15) is 5.11 Å². The van der Waals surface area contributed by atoms with Gasteiger partial charge in [-0.05, 0) is 44.8 Å². The third-order valence-corrected chi connectivity index (χ3v) is 4.97. The SMILES string of the molecule is CC.CN=CN=C(N)c1cc([N-]N2CC3CC2CC3(C)O)ccc1C.[Y]. The van der Waals surface area contributed by atoms with Crippen LogP contribution in [0.25, 0.3) is 5.43 Å². The zero-order valence-corrected chi connectivity index (χ0v) is 19.3. The zero-order valence-electron chi connectivity index (χ0n) is 16.5. The minimum atomic E-state index is -0.536. The van der Waals surface area contributed by atoms with Crippen LogP contribution in [0.5, 0.6) is 0 Å². The first kappa shape index (κ1) is 23.2. The molecule has 0 spiro atoms. The molecule has 2 aliphatic rings. The second-order valence-corrected chi connectivity index (χ2v) is 6.76. The van der Waals surface area contributed by atoms with Gasteiger partial charge in [0.15, 0.2) is 0 Å². The van der Waals surface area contributed by atoms with Crippen LogP contribution < -0.4 is 5.73 Å². The Hall–Kier alpha value is -0.816. The molecule has 26 heavy (non-hydrogen) atoms. The van der Waals surface area contributed by atoms with E-state index in [0.29, 0.717) is 17.8 Å². The molecule has 0 amide bonds. The molecule has 1 aliphatic heterocycles. The van der Waals surface area contributed by atoms with Gasteiger partial charge in [0.25, 0.3) is 0 Å². The molecule has 6 nitrogen and oxygen atoms in total. The fraction of sp³-hybridized carbons (Fsp3) is 0.579. The van der Waals surface area contributed by atoms with Gasteiger partial charge in [-0.15, -0.1) is 5.69 Å². The summed E-state index contributed by atoms with van der Waals surface area (Å²) < 4.78 is 0. The zero-order chi connectivity index (χ0) is 18.6. The molecule has 1 aromatic rings. The summed E-state index contributed by atoms with van der Waals surface area (Å²) in [5.74, 6) is 0.754. The van der Waals surface area contributed by atoms with E-state index >= 15 is 0 Å². The van der Waals surface area contributed by atoms with E-state index in [2.05, 4.69) is 15.0 Å². The number of nitrogens with two attached hydrogens (primary N) is 1. The van der Waals surface area contributed by atoms with Crippen molar-refractivity contribution >= 4 is 17.9 Å². The molecule has 2 fully saturated rings. The van der Waals surface area contributed by atoms with Crippen LogP contribution >= 0.6 is 0 Å². The summed E-state index contributed by atoms with van der Waals surface area (Å²) in [6, 6.07) is 6.29. The van der Waals surface area contributed by atoms with Gasteiger partial charge in [-0.1, -0.05) is 32.0 Å². The van der Waals surface area contributed by atoms with Crippen molar-refractivity contribution in [2.24, 2.45) is 21.6 Å². The van der Waals surface area contributed by atoms with Crippen LogP contribution in [-0.2, 0) is 32.7 Å². The number of aryl methyl sites for hydroxylation is 1. The van der Waals surface area contributed by atoms with E-state index < -0.39 is 5.60 Å². The molecule has 1 aliphatic carbocycles. The van der Waals surface area contributed by atoms with Crippen LogP contribution in [0, 0.1) is 12.8 Å². The maximum atomic E-state index is 10.3. The molecule has 1 saturated heterocycles. The summed E-state index contributed by atoms with van der Waals surface area (Å²) in [5.41, 5.74) is 13.0. The van der Waals surface area contributed by atoms with Gasteiger partial charge in [0.1, 0.15) is 12.2 Å². The predicted molar refractivity (Wildman–Crippen MR) is 105 cm³/mol. The third-order valence-electron chi connectivity index (χ3n) is 4.97. The maximum absolute atomic E-state index is 10.3. The van der Waals surface area contributed by atoms with Crippen molar-refractivity contribution in [2.45, 2.75) is 52.2 Å². The summed E-state index contributed by atoms with van der Waals surface area (Å²) in [6.07, 6.45) is 3.25. The molecule has 1 heterocycles. The normalized spacial score (nSPS) is 27.8. The summed E-state index contributed by atoms with van der Waals surface area (Å²) in [5, 5.41) is 12.4. The molecule has 1 saturated carbocycles. The first-order valence-electron chi connectivity index (χ1n) is 8.96. The first-order chi connectivity index (χ1) is 11.9. The largest absolute Gasteiger partial charge is 0.620 e. The van der Waals surface area contributed by atoms with E-state index in [4.69, 9.17) is 11.2 Å². The standard InChI is InChI=1S/C17H24N5O.C2H6.Y/c1-11-4-5-13(7-15(11)16(18)20-10-19-3)21-22-9-12-6-14(22)8-17(12,2)23;1-2;/h4-5,7,10,12,14,23H,6,8-9H2,1-3H3,(H2,18,19,20);1-2H3;/q-1;;. The van der Waals surface area contributed by atoms with Crippen LogP contribution in [-0.4, -0.2) is 47.5 Å². The molecule has 2 bridgehead atoms. The van der Waals surface area contributed by atoms with Crippen molar-refractivity contribution < 1.29 is 37.8 Å². The van der Waals surface area contributed by atoms with Crippen molar-refractivity contribution in [3.05, 3.63) is 34.8 Å². The molecule has 1 radical (unpaired) electrons. The molecule has 0 aromatic heterocycles. The van der Waals surface area contributed by atoms with Gasteiger partial charge in [-0.25, -0.2) is 4.99 Å². The number of aliphatic hydroxyl groups is 1. The Kier molecular flexibility index (Phi) is 8.87. The van der Waals surface area contributed by atoms with Crippen molar-refractivity contribution in [1.82, 2.24) is 5.01 Å². The fourth-order valence-electron chi connectivity index (χ4n) is 3.59. The van der Waals surface area contributed by atoms with Crippen molar-refractivity contribution in [1.29, 1.82) is 0 Å². The monoisotopic (exact) mass is 433 g/mol. The number of benzene rings is 1. The quantitative estimate of drug-likeness (QED) is 0.565. The number of rotatable bonds is 4. The molecule has 3 atom stereocenters. The van der Waals surface area contributed by atoms with Gasteiger partial charge in [0.05, 0.1) is 5.60 Å².